The van der Waals surface area contributed by atoms with Crippen LogP contribution in [0, 0.1) is 10.1 Å². The van der Waals surface area contributed by atoms with Gasteiger partial charge in [-0.15, -0.1) is 0 Å². The van der Waals surface area contributed by atoms with Gasteiger partial charge in [0.05, 0.1) is 20.5 Å². The Balaban J connectivity index is 1.73. The van der Waals surface area contributed by atoms with Gasteiger partial charge in [0.25, 0.3) is 0 Å². The molecule has 0 fully saturated rings. The fraction of sp³-hybridized carbons (Fsp3) is 0. The first kappa shape index (κ1) is 17.4. The van der Waals surface area contributed by atoms with Crippen LogP contribution in [0.4, 0.5) is 10.7 Å². The molecular formula is C17H10Cl2N2O3S. The van der Waals surface area contributed by atoms with Crippen molar-refractivity contribution in [1.29, 1.82) is 0 Å². The molecule has 0 amide bonds. The highest BCUT2D eigenvalue weighted by atomic mass is 35.5. The molecule has 0 aliphatic carbocycles. The molecule has 0 N–H and O–H groups in total. The van der Waals surface area contributed by atoms with Crippen molar-refractivity contribution in [3.63, 3.8) is 0 Å². The lowest BCUT2D eigenvalue weighted by atomic mass is 10.3. The number of nitrogens with zero attached hydrogens (tertiary/aromatic N) is 2. The Kier molecular flexibility index (Phi) is 5.33. The van der Waals surface area contributed by atoms with E-state index in [1.54, 1.807) is 54.7 Å². The standard InChI is InChI=1S/C17H10Cl2N2O3S/c18-11-1-4-13(5-2-11)24-16-7-3-12(9-15(16)19)20-10-14-6-8-17(25-14)21(22)23/h1-10H. The normalized spacial score (nSPS) is 11.0. The second-order valence-corrected chi connectivity index (χ2v) is 6.80. The van der Waals surface area contributed by atoms with Gasteiger partial charge >= 0.3 is 5.00 Å². The molecule has 0 spiro atoms. The summed E-state index contributed by atoms with van der Waals surface area (Å²) in [5.41, 5.74) is 0.615. The highest BCUT2D eigenvalue weighted by Gasteiger charge is 2.08. The van der Waals surface area contributed by atoms with E-state index in [1.807, 2.05) is 0 Å². The Morgan fingerprint density at radius 3 is 2.48 bits per heavy atom. The molecule has 126 valence electrons. The molecule has 0 unspecified atom stereocenters. The molecule has 0 saturated carbocycles. The lowest BCUT2D eigenvalue weighted by molar-refractivity contribution is -0.380. The zero-order chi connectivity index (χ0) is 17.8. The Morgan fingerprint density at radius 1 is 1.08 bits per heavy atom. The third kappa shape index (κ3) is 4.57. The molecule has 1 heterocycles. The van der Waals surface area contributed by atoms with Gasteiger partial charge in [0, 0.05) is 17.3 Å². The van der Waals surface area contributed by atoms with E-state index in [1.165, 1.54) is 6.07 Å². The van der Waals surface area contributed by atoms with Crippen molar-refractivity contribution in [2.24, 2.45) is 4.99 Å². The van der Waals surface area contributed by atoms with E-state index < -0.39 is 4.92 Å². The lowest BCUT2D eigenvalue weighted by Gasteiger charge is -2.08. The van der Waals surface area contributed by atoms with Crippen molar-refractivity contribution in [3.8, 4) is 11.5 Å². The summed E-state index contributed by atoms with van der Waals surface area (Å²) in [5, 5.41) is 11.8. The molecule has 0 atom stereocenters. The fourth-order valence-electron chi connectivity index (χ4n) is 1.93. The van der Waals surface area contributed by atoms with Gasteiger partial charge in [-0.25, -0.2) is 0 Å². The van der Waals surface area contributed by atoms with Crippen molar-refractivity contribution >= 4 is 51.4 Å². The first-order valence-electron chi connectivity index (χ1n) is 7.02. The lowest BCUT2D eigenvalue weighted by Crippen LogP contribution is -1.85. The zero-order valence-corrected chi connectivity index (χ0v) is 14.9. The Bertz CT molecular complexity index is 939. The topological polar surface area (TPSA) is 64.7 Å². The summed E-state index contributed by atoms with van der Waals surface area (Å²) >= 11 is 13.1. The van der Waals surface area contributed by atoms with E-state index in [0.717, 1.165) is 11.3 Å². The number of nitro groups is 1. The summed E-state index contributed by atoms with van der Waals surface area (Å²) in [6.45, 7) is 0. The quantitative estimate of drug-likeness (QED) is 0.282. The number of aliphatic imine (C=N–C) groups is 1. The van der Waals surface area contributed by atoms with Gasteiger partial charge in [-0.1, -0.05) is 34.5 Å². The van der Waals surface area contributed by atoms with Gasteiger partial charge in [0.15, 0.2) is 0 Å². The summed E-state index contributed by atoms with van der Waals surface area (Å²) in [7, 11) is 0. The van der Waals surface area contributed by atoms with Crippen LogP contribution in [0.15, 0.2) is 59.6 Å². The second kappa shape index (κ2) is 7.65. The average molecular weight is 393 g/mol. The van der Waals surface area contributed by atoms with E-state index in [-0.39, 0.29) is 5.00 Å². The van der Waals surface area contributed by atoms with Crippen LogP contribution in [-0.2, 0) is 0 Å². The van der Waals surface area contributed by atoms with Crippen LogP contribution < -0.4 is 4.74 Å². The summed E-state index contributed by atoms with van der Waals surface area (Å²) in [4.78, 5) is 15.2. The third-order valence-electron chi connectivity index (χ3n) is 3.09. The van der Waals surface area contributed by atoms with Crippen LogP contribution in [0.3, 0.4) is 0 Å². The summed E-state index contributed by atoms with van der Waals surface area (Å²) in [6.07, 6.45) is 1.56. The smallest absolute Gasteiger partial charge is 0.324 e. The highest BCUT2D eigenvalue weighted by Crippen LogP contribution is 2.33. The number of halogens is 2. The molecule has 3 aromatic rings. The highest BCUT2D eigenvalue weighted by molar-refractivity contribution is 7.16. The van der Waals surface area contributed by atoms with Gasteiger partial charge < -0.3 is 4.74 Å². The molecule has 3 rings (SSSR count). The van der Waals surface area contributed by atoms with Crippen LogP contribution in [-0.4, -0.2) is 11.1 Å². The first-order valence-corrected chi connectivity index (χ1v) is 8.60. The molecule has 1 aromatic heterocycles. The maximum absolute atomic E-state index is 10.7. The van der Waals surface area contributed by atoms with E-state index in [9.17, 15) is 10.1 Å². The van der Waals surface area contributed by atoms with Crippen molar-refractivity contribution < 1.29 is 9.66 Å². The van der Waals surface area contributed by atoms with Crippen LogP contribution in [0.1, 0.15) is 4.88 Å². The molecule has 0 bridgehead atoms. The van der Waals surface area contributed by atoms with Crippen LogP contribution in [0.25, 0.3) is 0 Å². The average Bonchev–Trinajstić information content (AvgIpc) is 3.06. The number of ether oxygens (including phenoxy) is 1. The minimum absolute atomic E-state index is 0.0752. The first-order chi connectivity index (χ1) is 12.0. The van der Waals surface area contributed by atoms with Crippen LogP contribution in [0.2, 0.25) is 10.0 Å². The molecule has 0 aliphatic heterocycles. The van der Waals surface area contributed by atoms with E-state index in [4.69, 9.17) is 27.9 Å². The van der Waals surface area contributed by atoms with Gasteiger partial charge in [-0.05, 0) is 48.5 Å². The Hall–Kier alpha value is -2.41. The van der Waals surface area contributed by atoms with E-state index >= 15 is 0 Å². The van der Waals surface area contributed by atoms with Crippen molar-refractivity contribution in [1.82, 2.24) is 0 Å². The third-order valence-corrected chi connectivity index (χ3v) is 4.61. The number of hydrogen-bond donors (Lipinski definition) is 0. The molecule has 0 saturated heterocycles. The predicted octanol–water partition coefficient (Wildman–Crippen LogP) is 6.51. The van der Waals surface area contributed by atoms with E-state index in [0.29, 0.717) is 32.1 Å². The largest absolute Gasteiger partial charge is 0.456 e. The number of rotatable bonds is 5. The molecular weight excluding hydrogens is 383 g/mol. The molecule has 0 radical (unpaired) electrons. The minimum atomic E-state index is -0.429. The molecule has 0 aliphatic rings. The van der Waals surface area contributed by atoms with E-state index in [2.05, 4.69) is 4.99 Å². The maximum Gasteiger partial charge on any atom is 0.324 e. The summed E-state index contributed by atoms with van der Waals surface area (Å²) < 4.78 is 5.70. The number of thiophene rings is 1. The predicted molar refractivity (Wildman–Crippen MR) is 101 cm³/mol. The molecule has 2 aromatic carbocycles. The monoisotopic (exact) mass is 392 g/mol. The van der Waals surface area contributed by atoms with Gasteiger partial charge in [0.2, 0.25) is 0 Å². The van der Waals surface area contributed by atoms with Crippen molar-refractivity contribution in [2.45, 2.75) is 0 Å². The van der Waals surface area contributed by atoms with Crippen LogP contribution in [0.5, 0.6) is 11.5 Å². The Morgan fingerprint density at radius 2 is 1.84 bits per heavy atom. The fourth-order valence-corrected chi connectivity index (χ4v) is 2.96. The SMILES string of the molecule is O=[N+]([O-])c1ccc(C=Nc2ccc(Oc3ccc(Cl)cc3)c(Cl)c2)s1. The summed E-state index contributed by atoms with van der Waals surface area (Å²) in [5.74, 6) is 1.11. The zero-order valence-electron chi connectivity index (χ0n) is 12.6. The van der Waals surface area contributed by atoms with Crippen LogP contribution >= 0.6 is 34.5 Å². The summed E-state index contributed by atoms with van der Waals surface area (Å²) in [6, 6.07) is 15.1. The molecule has 5 nitrogen and oxygen atoms in total. The molecule has 25 heavy (non-hydrogen) atoms. The van der Waals surface area contributed by atoms with Gasteiger partial charge in [-0.2, -0.15) is 0 Å². The number of hydrogen-bond acceptors (Lipinski definition) is 5. The van der Waals surface area contributed by atoms with Crippen molar-refractivity contribution in [2.75, 3.05) is 0 Å². The molecule has 8 heteroatoms. The maximum atomic E-state index is 10.7. The van der Waals surface area contributed by atoms with Gasteiger partial charge in [-0.3, -0.25) is 15.1 Å². The second-order valence-electron chi connectivity index (χ2n) is 4.86. The van der Waals surface area contributed by atoms with Crippen molar-refractivity contribution in [3.05, 3.63) is 79.6 Å². The minimum Gasteiger partial charge on any atom is -0.456 e. The Labute approximate surface area is 157 Å². The number of benzene rings is 2. The van der Waals surface area contributed by atoms with Gasteiger partial charge in [0.1, 0.15) is 11.5 Å².